The van der Waals surface area contributed by atoms with Gasteiger partial charge < -0.3 is 4.74 Å². The van der Waals surface area contributed by atoms with Crippen LogP contribution in [0.1, 0.15) is 22.3 Å². The fraction of sp³-hybridized carbons (Fsp3) is 0.125. The van der Waals surface area contributed by atoms with E-state index >= 15 is 14.4 Å². The highest BCUT2D eigenvalue weighted by Crippen LogP contribution is 2.74. The Hall–Kier alpha value is -5.26. The Bertz CT molecular complexity index is 1940. The first-order valence-electron chi connectivity index (χ1n) is 15.2. The number of halogens is 1. The van der Waals surface area contributed by atoms with Crippen molar-refractivity contribution >= 4 is 46.0 Å². The molecule has 0 unspecified atom stereocenters. The molecule has 0 N–H and O–H groups in total. The van der Waals surface area contributed by atoms with Gasteiger partial charge in [0.25, 0.3) is 0 Å². The van der Waals surface area contributed by atoms with E-state index < -0.39 is 34.5 Å². The van der Waals surface area contributed by atoms with Gasteiger partial charge in [0.05, 0.1) is 35.5 Å². The van der Waals surface area contributed by atoms with Crippen molar-refractivity contribution in [3.8, 4) is 5.75 Å². The highest BCUT2D eigenvalue weighted by molar-refractivity contribution is 6.39. The van der Waals surface area contributed by atoms with Crippen LogP contribution in [0.2, 0.25) is 5.02 Å². The van der Waals surface area contributed by atoms with E-state index in [1.54, 1.807) is 18.2 Å². The van der Waals surface area contributed by atoms with Crippen LogP contribution in [0.5, 0.6) is 5.75 Å². The number of amides is 2. The lowest BCUT2D eigenvalue weighted by molar-refractivity contribution is -0.130. The minimum atomic E-state index is -1.47. The van der Waals surface area contributed by atoms with Gasteiger partial charge in [-0.05, 0) is 51.6 Å². The molecule has 0 spiro atoms. The maximum absolute atomic E-state index is 15.9. The number of rotatable bonds is 6. The molecular weight excluding hydrogens is 594 g/mol. The summed E-state index contributed by atoms with van der Waals surface area (Å²) in [7, 11) is 1.49. The van der Waals surface area contributed by atoms with E-state index in [-0.39, 0.29) is 11.5 Å². The zero-order valence-corrected chi connectivity index (χ0v) is 25.6. The van der Waals surface area contributed by atoms with Gasteiger partial charge in [-0.1, -0.05) is 133 Å². The van der Waals surface area contributed by atoms with E-state index in [2.05, 4.69) is 0 Å². The Morgan fingerprint density at radius 1 is 0.587 bits per heavy atom. The lowest BCUT2D eigenvalue weighted by Gasteiger charge is -2.39. The number of methoxy groups -OCH3 is 1. The van der Waals surface area contributed by atoms with Crippen LogP contribution in [0, 0.1) is 11.8 Å². The molecule has 1 aliphatic heterocycles. The van der Waals surface area contributed by atoms with Crippen molar-refractivity contribution in [2.45, 2.75) is 10.8 Å². The van der Waals surface area contributed by atoms with Gasteiger partial charge in [-0.2, -0.15) is 0 Å². The zero-order valence-electron chi connectivity index (χ0n) is 24.9. The van der Waals surface area contributed by atoms with Gasteiger partial charge in [0.1, 0.15) is 5.75 Å². The van der Waals surface area contributed by atoms with Gasteiger partial charge >= 0.3 is 0 Å². The number of carbonyl (C=O) groups excluding carboxylic acids is 3. The van der Waals surface area contributed by atoms with Gasteiger partial charge in [0.2, 0.25) is 11.8 Å². The smallest absolute Gasteiger partial charge is 0.239 e. The Balaban J connectivity index is 1.55. The molecule has 5 nitrogen and oxygen atoms in total. The average molecular weight is 622 g/mol. The number of allylic oxidation sites excluding steroid dienone is 2. The summed E-state index contributed by atoms with van der Waals surface area (Å²) in [5, 5.41) is 0.358. The second-order valence-electron chi connectivity index (χ2n) is 11.9. The zero-order chi connectivity index (χ0) is 31.6. The molecule has 1 heterocycles. The van der Waals surface area contributed by atoms with Crippen molar-refractivity contribution in [1.82, 2.24) is 0 Å². The van der Waals surface area contributed by atoms with Crippen LogP contribution in [-0.4, -0.2) is 24.7 Å². The molecule has 5 aromatic rings. The fourth-order valence-corrected chi connectivity index (χ4v) is 8.58. The van der Waals surface area contributed by atoms with Gasteiger partial charge in [0, 0.05) is 5.02 Å². The molecule has 46 heavy (non-hydrogen) atoms. The van der Waals surface area contributed by atoms with E-state index in [0.717, 1.165) is 22.3 Å². The quantitative estimate of drug-likeness (QED) is 0.184. The van der Waals surface area contributed by atoms with Crippen LogP contribution >= 0.6 is 11.6 Å². The van der Waals surface area contributed by atoms with Gasteiger partial charge in [-0.3, -0.25) is 14.4 Å². The number of Topliss-reactive ketones (excluding diaryl/α,β-unsaturated/α-hetero) is 1. The van der Waals surface area contributed by atoms with Crippen LogP contribution in [-0.2, 0) is 25.2 Å². The molecule has 3 aliphatic rings. The SMILES string of the molecule is COc1ccc(Cl)cc1N1C(=O)[C@H]2[C@H](C1=O)[C@@]1(c3ccccc3)C(=O)[C@@]2(c2ccccc2)C(c2ccccc2)=C1c1ccccc1. The minimum Gasteiger partial charge on any atom is -0.495 e. The highest BCUT2D eigenvalue weighted by atomic mass is 35.5. The predicted molar refractivity (Wildman–Crippen MR) is 178 cm³/mol. The highest BCUT2D eigenvalue weighted by Gasteiger charge is 2.82. The van der Waals surface area contributed by atoms with Crippen LogP contribution in [0.25, 0.3) is 11.1 Å². The monoisotopic (exact) mass is 621 g/mol. The molecule has 8 rings (SSSR count). The largest absolute Gasteiger partial charge is 0.495 e. The maximum atomic E-state index is 15.9. The van der Waals surface area contributed by atoms with E-state index in [0.29, 0.717) is 21.9 Å². The molecule has 6 heteroatoms. The maximum Gasteiger partial charge on any atom is 0.239 e. The first-order chi connectivity index (χ1) is 22.5. The number of fused-ring (bicyclic) bond motifs is 5. The lowest BCUT2D eigenvalue weighted by Crippen LogP contribution is -2.45. The van der Waals surface area contributed by atoms with Crippen molar-refractivity contribution in [3.63, 3.8) is 0 Å². The second-order valence-corrected chi connectivity index (χ2v) is 12.4. The molecule has 2 fully saturated rings. The van der Waals surface area contributed by atoms with E-state index in [1.807, 2.05) is 121 Å². The molecule has 1 saturated carbocycles. The Labute approximate surface area is 271 Å². The lowest BCUT2D eigenvalue weighted by atomic mass is 9.59. The first-order valence-corrected chi connectivity index (χ1v) is 15.6. The normalized spacial score (nSPS) is 24.9. The first kappa shape index (κ1) is 28.2. The van der Waals surface area contributed by atoms with E-state index in [9.17, 15) is 0 Å². The summed E-state index contributed by atoms with van der Waals surface area (Å²) in [4.78, 5) is 47.3. The summed E-state index contributed by atoms with van der Waals surface area (Å²) < 4.78 is 5.64. The number of anilines is 1. The minimum absolute atomic E-state index is 0.162. The summed E-state index contributed by atoms with van der Waals surface area (Å²) in [6.45, 7) is 0. The number of hydrogen-bond acceptors (Lipinski definition) is 4. The molecule has 2 amide bonds. The number of carbonyl (C=O) groups is 3. The number of ketones is 1. The van der Waals surface area contributed by atoms with Gasteiger partial charge in [0.15, 0.2) is 5.78 Å². The summed E-state index contributed by atoms with van der Waals surface area (Å²) in [5.41, 5.74) is 1.84. The van der Waals surface area contributed by atoms with Crippen molar-refractivity contribution in [1.29, 1.82) is 0 Å². The van der Waals surface area contributed by atoms with Crippen LogP contribution in [0.3, 0.4) is 0 Å². The summed E-state index contributed by atoms with van der Waals surface area (Å²) in [6, 6.07) is 43.4. The molecule has 5 aromatic carbocycles. The van der Waals surface area contributed by atoms with Crippen molar-refractivity contribution < 1.29 is 19.1 Å². The van der Waals surface area contributed by atoms with Crippen LogP contribution < -0.4 is 9.64 Å². The number of ether oxygens (including phenoxy) is 1. The third-order valence-corrected chi connectivity index (χ3v) is 10.2. The number of nitrogens with zero attached hydrogens (tertiary/aromatic N) is 1. The van der Waals surface area contributed by atoms with Crippen molar-refractivity contribution in [3.05, 3.63) is 167 Å². The van der Waals surface area contributed by atoms with E-state index in [4.69, 9.17) is 16.3 Å². The van der Waals surface area contributed by atoms with Crippen molar-refractivity contribution in [2.75, 3.05) is 12.0 Å². The van der Waals surface area contributed by atoms with Gasteiger partial charge in [-0.15, -0.1) is 0 Å². The number of hydrogen-bond donors (Lipinski definition) is 0. The third kappa shape index (κ3) is 3.49. The molecule has 0 radical (unpaired) electrons. The molecule has 4 atom stereocenters. The second kappa shape index (κ2) is 10.4. The van der Waals surface area contributed by atoms with Crippen LogP contribution in [0.4, 0.5) is 5.69 Å². The third-order valence-electron chi connectivity index (χ3n) is 9.96. The Morgan fingerprint density at radius 3 is 1.41 bits per heavy atom. The molecule has 0 aromatic heterocycles. The predicted octanol–water partition coefficient (Wildman–Crippen LogP) is 7.54. The molecule has 2 bridgehead atoms. The molecule has 224 valence electrons. The topological polar surface area (TPSA) is 63.7 Å². The number of imide groups is 1. The van der Waals surface area contributed by atoms with Crippen LogP contribution in [0.15, 0.2) is 140 Å². The fourth-order valence-electron chi connectivity index (χ4n) is 8.41. The summed E-state index contributed by atoms with van der Waals surface area (Å²) >= 11 is 6.45. The standard InChI is InChI=1S/C40H28ClNO4/c1-46-31-23-22-29(41)24-30(31)42-36(43)34-35(37(42)44)40(28-20-12-5-13-21-28)33(26-16-8-3-9-17-26)32(25-14-6-2-7-15-25)39(34,38(40)45)27-18-10-4-11-19-27/h2-24,34-35H,1H3/t34-,35-,39+,40+/m1/s1. The van der Waals surface area contributed by atoms with Crippen molar-refractivity contribution in [2.24, 2.45) is 11.8 Å². The summed E-state index contributed by atoms with van der Waals surface area (Å²) in [6.07, 6.45) is 0. The molecular formula is C40H28ClNO4. The number of benzene rings is 5. The Kier molecular flexibility index (Phi) is 6.38. The summed E-state index contributed by atoms with van der Waals surface area (Å²) in [5.74, 6) is -2.78. The van der Waals surface area contributed by atoms with E-state index in [1.165, 1.54) is 12.0 Å². The Morgan fingerprint density at radius 2 is 1.00 bits per heavy atom. The average Bonchev–Trinajstić information content (AvgIpc) is 3.61. The molecule has 2 aliphatic carbocycles. The van der Waals surface area contributed by atoms with Gasteiger partial charge in [-0.25, -0.2) is 4.90 Å². The molecule has 1 saturated heterocycles.